The molecule has 2 rings (SSSR count). The monoisotopic (exact) mass is 275 g/mol. The maximum atomic E-state index is 12.1. The number of nitrogens with zero attached hydrogens (tertiary/aromatic N) is 1. The van der Waals surface area contributed by atoms with Gasteiger partial charge < -0.3 is 9.64 Å². The fraction of sp³-hybridized carbons (Fsp3) is 0.588. The molecule has 1 aliphatic rings. The lowest BCUT2D eigenvalue weighted by molar-refractivity contribution is -0.134. The smallest absolute Gasteiger partial charge is 0.260 e. The van der Waals surface area contributed by atoms with Gasteiger partial charge in [0, 0.05) is 13.1 Å². The maximum Gasteiger partial charge on any atom is 0.260 e. The minimum Gasteiger partial charge on any atom is -0.484 e. The molecule has 0 aliphatic heterocycles. The molecule has 0 radical (unpaired) electrons. The molecular weight excluding hydrogens is 250 g/mol. The lowest BCUT2D eigenvalue weighted by Crippen LogP contribution is -2.39. The van der Waals surface area contributed by atoms with Crippen LogP contribution in [0.3, 0.4) is 0 Å². The van der Waals surface area contributed by atoms with Crippen LogP contribution in [-0.2, 0) is 4.79 Å². The first-order valence-electron chi connectivity index (χ1n) is 7.47. The van der Waals surface area contributed by atoms with Gasteiger partial charge in [-0.05, 0) is 49.3 Å². The van der Waals surface area contributed by atoms with Crippen LogP contribution in [0.4, 0.5) is 0 Å². The predicted molar refractivity (Wildman–Crippen MR) is 81.0 cm³/mol. The summed E-state index contributed by atoms with van der Waals surface area (Å²) < 4.78 is 5.58. The van der Waals surface area contributed by atoms with E-state index in [1.54, 1.807) is 0 Å². The van der Waals surface area contributed by atoms with Gasteiger partial charge >= 0.3 is 0 Å². The normalized spacial score (nSPS) is 16.1. The van der Waals surface area contributed by atoms with Crippen LogP contribution in [0.25, 0.3) is 0 Å². The number of carbonyl (C=O) groups is 1. The van der Waals surface area contributed by atoms with Crippen LogP contribution in [-0.4, -0.2) is 30.5 Å². The zero-order valence-electron chi connectivity index (χ0n) is 12.9. The molecule has 0 aromatic heterocycles. The Morgan fingerprint density at radius 2 is 1.85 bits per heavy atom. The number of benzene rings is 1. The highest BCUT2D eigenvalue weighted by molar-refractivity contribution is 5.77. The van der Waals surface area contributed by atoms with E-state index < -0.39 is 0 Å². The van der Waals surface area contributed by atoms with E-state index in [2.05, 4.69) is 32.9 Å². The quantitative estimate of drug-likeness (QED) is 0.796. The van der Waals surface area contributed by atoms with Crippen LogP contribution >= 0.6 is 0 Å². The second kappa shape index (κ2) is 6.29. The summed E-state index contributed by atoms with van der Waals surface area (Å²) in [6, 6.07) is 8.32. The molecule has 0 N–H and O–H groups in total. The lowest BCUT2D eigenvalue weighted by Gasteiger charge is -2.24. The van der Waals surface area contributed by atoms with Gasteiger partial charge in [0.1, 0.15) is 5.75 Å². The third-order valence-electron chi connectivity index (χ3n) is 4.22. The van der Waals surface area contributed by atoms with Gasteiger partial charge in [-0.3, -0.25) is 4.79 Å². The third-order valence-corrected chi connectivity index (χ3v) is 4.22. The van der Waals surface area contributed by atoms with E-state index >= 15 is 0 Å². The Labute approximate surface area is 121 Å². The van der Waals surface area contributed by atoms with Gasteiger partial charge in [-0.2, -0.15) is 0 Å². The predicted octanol–water partition coefficient (Wildman–Crippen LogP) is 3.45. The van der Waals surface area contributed by atoms with Crippen LogP contribution in [0.5, 0.6) is 5.75 Å². The second-order valence-corrected chi connectivity index (χ2v) is 6.10. The summed E-state index contributed by atoms with van der Waals surface area (Å²) in [5.74, 6) is 2.01. The Bertz CT molecular complexity index is 449. The molecule has 1 unspecified atom stereocenters. The van der Waals surface area contributed by atoms with Crippen LogP contribution in [0.1, 0.15) is 45.1 Å². The SMILES string of the molecule is CC(C)c1ccc(OCC(=O)N(C)C(C)C2CC2)cc1. The van der Waals surface area contributed by atoms with Crippen molar-refractivity contribution in [1.29, 1.82) is 0 Å². The van der Waals surface area contributed by atoms with Crippen molar-refractivity contribution in [2.75, 3.05) is 13.7 Å². The standard InChI is InChI=1S/C17H25NO2/c1-12(2)14-7-9-16(10-8-14)20-11-17(19)18(4)13(3)15-5-6-15/h7-10,12-13,15H,5-6,11H2,1-4H3. The number of carbonyl (C=O) groups excluding carboxylic acids is 1. The van der Waals surface area contributed by atoms with Gasteiger partial charge in [-0.25, -0.2) is 0 Å². The Kier molecular flexibility index (Phi) is 4.69. The molecule has 110 valence electrons. The summed E-state index contributed by atoms with van der Waals surface area (Å²) in [6.07, 6.45) is 2.49. The topological polar surface area (TPSA) is 29.5 Å². The number of ether oxygens (including phenoxy) is 1. The molecule has 1 aliphatic carbocycles. The molecule has 0 bridgehead atoms. The first-order valence-corrected chi connectivity index (χ1v) is 7.47. The van der Waals surface area contributed by atoms with Gasteiger partial charge in [0.2, 0.25) is 0 Å². The number of hydrogen-bond acceptors (Lipinski definition) is 2. The van der Waals surface area contributed by atoms with E-state index in [1.807, 2.05) is 24.1 Å². The van der Waals surface area contributed by atoms with E-state index in [9.17, 15) is 4.79 Å². The van der Waals surface area contributed by atoms with Crippen molar-refractivity contribution in [3.63, 3.8) is 0 Å². The van der Waals surface area contributed by atoms with Gasteiger partial charge in [0.15, 0.2) is 6.61 Å². The Hall–Kier alpha value is -1.51. The molecule has 1 amide bonds. The lowest BCUT2D eigenvalue weighted by atomic mass is 10.0. The Balaban J connectivity index is 1.83. The Morgan fingerprint density at radius 1 is 1.25 bits per heavy atom. The van der Waals surface area contributed by atoms with Crippen LogP contribution in [0, 0.1) is 5.92 Å². The molecule has 1 atom stereocenters. The average Bonchev–Trinajstić information content (AvgIpc) is 3.28. The highest BCUT2D eigenvalue weighted by Gasteiger charge is 2.32. The molecule has 0 spiro atoms. The van der Waals surface area contributed by atoms with E-state index in [4.69, 9.17) is 4.74 Å². The van der Waals surface area contributed by atoms with Crippen molar-refractivity contribution in [2.24, 2.45) is 5.92 Å². The summed E-state index contributed by atoms with van der Waals surface area (Å²) in [5, 5.41) is 0. The number of amides is 1. The van der Waals surface area contributed by atoms with Crippen molar-refractivity contribution in [2.45, 2.75) is 45.6 Å². The number of hydrogen-bond donors (Lipinski definition) is 0. The van der Waals surface area contributed by atoms with Gasteiger partial charge in [-0.15, -0.1) is 0 Å². The van der Waals surface area contributed by atoms with Crippen molar-refractivity contribution in [3.8, 4) is 5.75 Å². The maximum absolute atomic E-state index is 12.1. The van der Waals surface area contributed by atoms with Crippen molar-refractivity contribution in [1.82, 2.24) is 4.90 Å². The number of likely N-dealkylation sites (N-methyl/N-ethyl adjacent to an activating group) is 1. The van der Waals surface area contributed by atoms with E-state index in [1.165, 1.54) is 18.4 Å². The first-order chi connectivity index (χ1) is 9.49. The summed E-state index contributed by atoms with van der Waals surface area (Å²) in [7, 11) is 1.87. The Morgan fingerprint density at radius 3 is 2.35 bits per heavy atom. The molecular formula is C17H25NO2. The third kappa shape index (κ3) is 3.75. The summed E-state index contributed by atoms with van der Waals surface area (Å²) in [5.41, 5.74) is 1.28. The minimum atomic E-state index is 0.0531. The zero-order valence-corrected chi connectivity index (χ0v) is 12.9. The van der Waals surface area contributed by atoms with Crippen molar-refractivity contribution >= 4 is 5.91 Å². The van der Waals surface area contributed by atoms with Crippen LogP contribution in [0.2, 0.25) is 0 Å². The van der Waals surface area contributed by atoms with Crippen LogP contribution in [0.15, 0.2) is 24.3 Å². The largest absolute Gasteiger partial charge is 0.484 e. The average molecular weight is 275 g/mol. The zero-order chi connectivity index (χ0) is 14.7. The highest BCUT2D eigenvalue weighted by atomic mass is 16.5. The molecule has 0 saturated heterocycles. The molecule has 3 nitrogen and oxygen atoms in total. The van der Waals surface area contributed by atoms with Gasteiger partial charge in [0.25, 0.3) is 5.91 Å². The minimum absolute atomic E-state index is 0.0531. The van der Waals surface area contributed by atoms with Gasteiger partial charge in [-0.1, -0.05) is 26.0 Å². The molecule has 1 aromatic carbocycles. The van der Waals surface area contributed by atoms with Crippen LogP contribution < -0.4 is 4.74 Å². The molecule has 3 heteroatoms. The van der Waals surface area contributed by atoms with E-state index in [0.717, 1.165) is 5.75 Å². The second-order valence-electron chi connectivity index (χ2n) is 6.10. The summed E-state index contributed by atoms with van der Waals surface area (Å²) >= 11 is 0. The van der Waals surface area contributed by atoms with Crippen molar-refractivity contribution in [3.05, 3.63) is 29.8 Å². The summed E-state index contributed by atoms with van der Waals surface area (Å²) in [4.78, 5) is 13.9. The van der Waals surface area contributed by atoms with E-state index in [-0.39, 0.29) is 12.5 Å². The van der Waals surface area contributed by atoms with E-state index in [0.29, 0.717) is 17.9 Å². The summed E-state index contributed by atoms with van der Waals surface area (Å²) in [6.45, 7) is 6.56. The molecule has 1 fully saturated rings. The fourth-order valence-electron chi connectivity index (χ4n) is 2.32. The first kappa shape index (κ1) is 14.9. The molecule has 0 heterocycles. The highest BCUT2D eigenvalue weighted by Crippen LogP contribution is 2.34. The fourth-order valence-corrected chi connectivity index (χ4v) is 2.32. The van der Waals surface area contributed by atoms with Gasteiger partial charge in [0.05, 0.1) is 0 Å². The molecule has 1 saturated carbocycles. The molecule has 20 heavy (non-hydrogen) atoms. The van der Waals surface area contributed by atoms with Crippen molar-refractivity contribution < 1.29 is 9.53 Å². The number of rotatable bonds is 6. The molecule has 1 aromatic rings.